The van der Waals surface area contributed by atoms with Gasteiger partial charge in [0.15, 0.2) is 0 Å². The zero-order chi connectivity index (χ0) is 12.1. The molecular formula is C12H14N4O. The molecule has 5 heteroatoms. The van der Waals surface area contributed by atoms with Gasteiger partial charge in [0.1, 0.15) is 5.82 Å². The van der Waals surface area contributed by atoms with Crippen LogP contribution in [0.2, 0.25) is 0 Å². The number of carbonyl (C=O) groups excluding carboxylic acids is 1. The molecule has 1 aromatic carbocycles. The molecule has 0 unspecified atom stereocenters. The summed E-state index contributed by atoms with van der Waals surface area (Å²) in [5, 5.41) is 3.11. The average molecular weight is 230 g/mol. The molecule has 2 aromatic rings. The van der Waals surface area contributed by atoms with E-state index in [1.165, 1.54) is 0 Å². The molecule has 3 N–H and O–H groups in total. The van der Waals surface area contributed by atoms with Crippen molar-refractivity contribution in [3.05, 3.63) is 30.5 Å². The first-order chi connectivity index (χ1) is 8.25. The number of para-hydroxylation sites is 2. The van der Waals surface area contributed by atoms with E-state index in [0.717, 1.165) is 11.0 Å². The highest BCUT2D eigenvalue weighted by molar-refractivity contribution is 5.75. The van der Waals surface area contributed by atoms with Crippen LogP contribution in [0, 0.1) is 0 Å². The predicted molar refractivity (Wildman–Crippen MR) is 66.5 cm³/mol. The Morgan fingerprint density at radius 1 is 1.29 bits per heavy atom. The molecule has 5 nitrogen and oxygen atoms in total. The van der Waals surface area contributed by atoms with Crippen molar-refractivity contribution in [2.75, 3.05) is 11.9 Å². The summed E-state index contributed by atoms with van der Waals surface area (Å²) >= 11 is 0. The van der Waals surface area contributed by atoms with Crippen LogP contribution in [0.1, 0.15) is 12.8 Å². The molecule has 1 amide bonds. The van der Waals surface area contributed by atoms with Gasteiger partial charge in [-0.3, -0.25) is 9.78 Å². The highest BCUT2D eigenvalue weighted by Crippen LogP contribution is 2.11. The molecule has 2 rings (SSSR count). The van der Waals surface area contributed by atoms with Crippen LogP contribution in [-0.4, -0.2) is 22.4 Å². The van der Waals surface area contributed by atoms with Crippen molar-refractivity contribution in [3.63, 3.8) is 0 Å². The van der Waals surface area contributed by atoms with Crippen LogP contribution in [-0.2, 0) is 4.79 Å². The monoisotopic (exact) mass is 230 g/mol. The van der Waals surface area contributed by atoms with Gasteiger partial charge in [0.25, 0.3) is 0 Å². The Balaban J connectivity index is 1.97. The summed E-state index contributed by atoms with van der Waals surface area (Å²) in [6, 6.07) is 7.68. The van der Waals surface area contributed by atoms with Crippen LogP contribution >= 0.6 is 0 Å². The van der Waals surface area contributed by atoms with Crippen LogP contribution in [0.3, 0.4) is 0 Å². The van der Waals surface area contributed by atoms with E-state index in [-0.39, 0.29) is 5.91 Å². The van der Waals surface area contributed by atoms with Crippen molar-refractivity contribution in [3.8, 4) is 0 Å². The number of hydrogen-bond donors (Lipinski definition) is 2. The minimum absolute atomic E-state index is 0.281. The number of benzene rings is 1. The average Bonchev–Trinajstić information content (AvgIpc) is 2.34. The maximum absolute atomic E-state index is 10.6. The van der Waals surface area contributed by atoms with Crippen LogP contribution < -0.4 is 11.1 Å². The number of nitrogens with two attached hydrogens (primary N) is 1. The molecule has 1 aromatic heterocycles. The summed E-state index contributed by atoms with van der Waals surface area (Å²) in [4.78, 5) is 19.2. The maximum Gasteiger partial charge on any atom is 0.217 e. The van der Waals surface area contributed by atoms with Gasteiger partial charge in [-0.25, -0.2) is 4.98 Å². The first-order valence-electron chi connectivity index (χ1n) is 5.49. The lowest BCUT2D eigenvalue weighted by molar-refractivity contribution is -0.118. The van der Waals surface area contributed by atoms with Gasteiger partial charge in [-0.15, -0.1) is 0 Å². The fourth-order valence-corrected chi connectivity index (χ4v) is 1.52. The van der Waals surface area contributed by atoms with Gasteiger partial charge in [-0.05, 0) is 18.6 Å². The molecule has 0 fully saturated rings. The number of anilines is 1. The SMILES string of the molecule is NC(=O)CCCNc1cnc2ccccc2n1. The van der Waals surface area contributed by atoms with E-state index in [4.69, 9.17) is 5.73 Å². The van der Waals surface area contributed by atoms with Crippen molar-refractivity contribution in [1.82, 2.24) is 9.97 Å². The van der Waals surface area contributed by atoms with E-state index in [0.29, 0.717) is 25.2 Å². The van der Waals surface area contributed by atoms with Crippen molar-refractivity contribution >= 4 is 22.8 Å². The zero-order valence-electron chi connectivity index (χ0n) is 9.39. The third kappa shape index (κ3) is 3.14. The molecule has 0 saturated carbocycles. The summed E-state index contributed by atoms with van der Waals surface area (Å²) < 4.78 is 0. The van der Waals surface area contributed by atoms with E-state index in [2.05, 4.69) is 15.3 Å². The lowest BCUT2D eigenvalue weighted by Gasteiger charge is -2.05. The molecular weight excluding hydrogens is 216 g/mol. The van der Waals surface area contributed by atoms with Crippen LogP contribution in [0.4, 0.5) is 5.82 Å². The smallest absolute Gasteiger partial charge is 0.217 e. The number of carbonyl (C=O) groups is 1. The lowest BCUT2D eigenvalue weighted by Crippen LogP contribution is -2.13. The largest absolute Gasteiger partial charge is 0.370 e. The molecule has 0 bridgehead atoms. The number of hydrogen-bond acceptors (Lipinski definition) is 4. The van der Waals surface area contributed by atoms with Crippen molar-refractivity contribution < 1.29 is 4.79 Å². The molecule has 1 heterocycles. The second-order valence-corrected chi connectivity index (χ2v) is 3.74. The highest BCUT2D eigenvalue weighted by atomic mass is 16.1. The molecule has 88 valence electrons. The number of aromatic nitrogens is 2. The van der Waals surface area contributed by atoms with Gasteiger partial charge < -0.3 is 11.1 Å². The number of fused-ring (bicyclic) bond motifs is 1. The number of primary amides is 1. The predicted octanol–water partition coefficient (Wildman–Crippen LogP) is 1.31. The van der Waals surface area contributed by atoms with E-state index in [1.54, 1.807) is 6.20 Å². The van der Waals surface area contributed by atoms with Crippen molar-refractivity contribution in [2.45, 2.75) is 12.8 Å². The summed E-state index contributed by atoms with van der Waals surface area (Å²) in [5.41, 5.74) is 6.78. The van der Waals surface area contributed by atoms with Crippen LogP contribution in [0.5, 0.6) is 0 Å². The molecule has 0 atom stereocenters. The Labute approximate surface area is 99.1 Å². The Kier molecular flexibility index (Phi) is 3.49. The number of rotatable bonds is 5. The Morgan fingerprint density at radius 2 is 2.06 bits per heavy atom. The quantitative estimate of drug-likeness (QED) is 0.759. The second kappa shape index (κ2) is 5.25. The minimum atomic E-state index is -0.281. The normalized spacial score (nSPS) is 10.4. The highest BCUT2D eigenvalue weighted by Gasteiger charge is 1.99. The molecule has 0 spiro atoms. The molecule has 0 saturated heterocycles. The second-order valence-electron chi connectivity index (χ2n) is 3.74. The van der Waals surface area contributed by atoms with Crippen molar-refractivity contribution in [2.24, 2.45) is 5.73 Å². The van der Waals surface area contributed by atoms with Gasteiger partial charge in [0.05, 0.1) is 17.2 Å². The van der Waals surface area contributed by atoms with Crippen LogP contribution in [0.15, 0.2) is 30.5 Å². The van der Waals surface area contributed by atoms with E-state index < -0.39 is 0 Å². The summed E-state index contributed by atoms with van der Waals surface area (Å²) in [7, 11) is 0. The number of nitrogens with one attached hydrogen (secondary N) is 1. The standard InChI is InChI=1S/C12H14N4O/c13-11(17)6-3-7-14-12-8-15-9-4-1-2-5-10(9)16-12/h1-2,4-5,8H,3,6-7H2,(H2,13,17)(H,14,16). The zero-order valence-corrected chi connectivity index (χ0v) is 9.39. The Morgan fingerprint density at radius 3 is 2.82 bits per heavy atom. The molecule has 0 aliphatic carbocycles. The summed E-state index contributed by atoms with van der Waals surface area (Å²) in [5.74, 6) is 0.435. The van der Waals surface area contributed by atoms with Crippen LogP contribution in [0.25, 0.3) is 11.0 Å². The van der Waals surface area contributed by atoms with Gasteiger partial charge in [0.2, 0.25) is 5.91 Å². The van der Waals surface area contributed by atoms with E-state index in [1.807, 2.05) is 24.3 Å². The first kappa shape index (κ1) is 11.3. The summed E-state index contributed by atoms with van der Waals surface area (Å²) in [6.45, 7) is 0.663. The Bertz CT molecular complexity index is 527. The minimum Gasteiger partial charge on any atom is -0.370 e. The third-order valence-corrected chi connectivity index (χ3v) is 2.35. The maximum atomic E-state index is 10.6. The first-order valence-corrected chi connectivity index (χ1v) is 5.49. The summed E-state index contributed by atoms with van der Waals surface area (Å²) in [6.07, 6.45) is 2.77. The Hall–Kier alpha value is -2.17. The van der Waals surface area contributed by atoms with E-state index in [9.17, 15) is 4.79 Å². The fourth-order valence-electron chi connectivity index (χ4n) is 1.52. The molecule has 0 radical (unpaired) electrons. The lowest BCUT2D eigenvalue weighted by atomic mass is 10.3. The fraction of sp³-hybridized carbons (Fsp3) is 0.250. The molecule has 0 aliphatic heterocycles. The third-order valence-electron chi connectivity index (χ3n) is 2.35. The topological polar surface area (TPSA) is 80.9 Å². The molecule has 0 aliphatic rings. The van der Waals surface area contributed by atoms with Gasteiger partial charge in [-0.1, -0.05) is 12.1 Å². The van der Waals surface area contributed by atoms with Crippen molar-refractivity contribution in [1.29, 1.82) is 0 Å². The van der Waals surface area contributed by atoms with Gasteiger partial charge >= 0.3 is 0 Å². The number of nitrogens with zero attached hydrogens (tertiary/aromatic N) is 2. The van der Waals surface area contributed by atoms with Gasteiger partial charge in [-0.2, -0.15) is 0 Å². The van der Waals surface area contributed by atoms with Gasteiger partial charge in [0, 0.05) is 13.0 Å². The number of amides is 1. The van der Waals surface area contributed by atoms with E-state index >= 15 is 0 Å². The molecule has 17 heavy (non-hydrogen) atoms.